The highest BCUT2D eigenvalue weighted by Gasteiger charge is 2.11. The molecular weight excluding hydrogens is 304 g/mol. The van der Waals surface area contributed by atoms with Gasteiger partial charge < -0.3 is 20.1 Å². The number of rotatable bonds is 8. The topological polar surface area (TPSA) is 59.6 Å². The lowest BCUT2D eigenvalue weighted by atomic mass is 10.1. The molecule has 5 nitrogen and oxygen atoms in total. The number of amides is 1. The predicted molar refractivity (Wildman–Crippen MR) is 95.7 cm³/mol. The van der Waals surface area contributed by atoms with Crippen molar-refractivity contribution in [3.63, 3.8) is 0 Å². The fourth-order valence-corrected chi connectivity index (χ4v) is 2.43. The highest BCUT2D eigenvalue weighted by molar-refractivity contribution is 5.92. The molecule has 0 saturated carbocycles. The van der Waals surface area contributed by atoms with Crippen molar-refractivity contribution in [3.8, 4) is 11.5 Å². The quantitative estimate of drug-likeness (QED) is 0.782. The fraction of sp³-hybridized carbons (Fsp3) is 0.316. The first-order valence-corrected chi connectivity index (χ1v) is 7.96. The number of nitrogens with one attached hydrogen (secondary N) is 2. The Bertz CT molecular complexity index is 686. The second kappa shape index (κ2) is 8.93. The molecule has 0 spiro atoms. The van der Waals surface area contributed by atoms with Crippen molar-refractivity contribution in [2.45, 2.75) is 19.9 Å². The monoisotopic (exact) mass is 328 g/mol. The molecule has 0 fully saturated rings. The Morgan fingerprint density at radius 3 is 2.62 bits per heavy atom. The number of benzene rings is 2. The molecule has 0 bridgehead atoms. The van der Waals surface area contributed by atoms with Gasteiger partial charge in [0, 0.05) is 17.8 Å². The Kier molecular flexibility index (Phi) is 6.63. The Morgan fingerprint density at radius 1 is 1.08 bits per heavy atom. The zero-order chi connectivity index (χ0) is 17.4. The molecule has 2 aromatic rings. The van der Waals surface area contributed by atoms with Gasteiger partial charge in [0.2, 0.25) is 5.91 Å². The van der Waals surface area contributed by atoms with Gasteiger partial charge in [0.15, 0.2) is 0 Å². The van der Waals surface area contributed by atoms with Crippen LogP contribution in [0.3, 0.4) is 0 Å². The summed E-state index contributed by atoms with van der Waals surface area (Å²) in [6.45, 7) is 3.75. The second-order valence-electron chi connectivity index (χ2n) is 5.38. The maximum Gasteiger partial charge on any atom is 0.228 e. The van der Waals surface area contributed by atoms with Gasteiger partial charge in [-0.15, -0.1) is 0 Å². The molecule has 2 rings (SSSR count). The molecule has 0 heterocycles. The van der Waals surface area contributed by atoms with E-state index >= 15 is 0 Å². The fourth-order valence-electron chi connectivity index (χ4n) is 2.43. The molecule has 2 N–H and O–H groups in total. The third-order valence-corrected chi connectivity index (χ3v) is 3.63. The van der Waals surface area contributed by atoms with Crippen molar-refractivity contribution >= 4 is 11.6 Å². The normalized spacial score (nSPS) is 10.3. The minimum atomic E-state index is -0.0952. The van der Waals surface area contributed by atoms with E-state index in [1.54, 1.807) is 20.3 Å². The molecule has 128 valence electrons. The Morgan fingerprint density at radius 2 is 1.92 bits per heavy atom. The van der Waals surface area contributed by atoms with Gasteiger partial charge >= 0.3 is 0 Å². The summed E-state index contributed by atoms with van der Waals surface area (Å²) in [6, 6.07) is 13.3. The number of ether oxygens (including phenoxy) is 2. The third kappa shape index (κ3) is 4.99. The molecular formula is C19H24N2O3. The van der Waals surface area contributed by atoms with Crippen LogP contribution in [0.2, 0.25) is 0 Å². The van der Waals surface area contributed by atoms with Gasteiger partial charge in [0.05, 0.1) is 20.6 Å². The predicted octanol–water partition coefficient (Wildman–Crippen LogP) is 2.99. The minimum Gasteiger partial charge on any atom is -0.497 e. The number of hydrogen-bond acceptors (Lipinski definition) is 4. The first-order chi connectivity index (χ1) is 11.7. The van der Waals surface area contributed by atoms with Crippen molar-refractivity contribution in [3.05, 3.63) is 53.6 Å². The molecule has 24 heavy (non-hydrogen) atoms. The molecule has 0 aliphatic heterocycles. The SMILES string of the molecule is CCNCc1cccc(NC(=O)Cc2cc(OC)ccc2OC)c1. The summed E-state index contributed by atoms with van der Waals surface area (Å²) >= 11 is 0. The van der Waals surface area contributed by atoms with Gasteiger partial charge in [-0.1, -0.05) is 19.1 Å². The summed E-state index contributed by atoms with van der Waals surface area (Å²) < 4.78 is 10.5. The minimum absolute atomic E-state index is 0.0952. The van der Waals surface area contributed by atoms with E-state index in [1.807, 2.05) is 36.4 Å². The molecule has 0 aliphatic carbocycles. The van der Waals surface area contributed by atoms with E-state index in [4.69, 9.17) is 9.47 Å². The largest absolute Gasteiger partial charge is 0.497 e. The van der Waals surface area contributed by atoms with E-state index in [-0.39, 0.29) is 12.3 Å². The lowest BCUT2D eigenvalue weighted by Gasteiger charge is -2.11. The Hall–Kier alpha value is -2.53. The van der Waals surface area contributed by atoms with Crippen LogP contribution in [0.1, 0.15) is 18.1 Å². The third-order valence-electron chi connectivity index (χ3n) is 3.63. The first-order valence-electron chi connectivity index (χ1n) is 7.96. The highest BCUT2D eigenvalue weighted by Crippen LogP contribution is 2.24. The van der Waals surface area contributed by atoms with Gasteiger partial charge in [0.1, 0.15) is 11.5 Å². The number of methoxy groups -OCH3 is 2. The average molecular weight is 328 g/mol. The first kappa shape index (κ1) is 17.8. The molecule has 0 aliphatic rings. The van der Waals surface area contributed by atoms with Crippen LogP contribution in [0.4, 0.5) is 5.69 Å². The number of hydrogen-bond donors (Lipinski definition) is 2. The van der Waals surface area contributed by atoms with Crippen LogP contribution in [0.5, 0.6) is 11.5 Å². The molecule has 2 aromatic carbocycles. The van der Waals surface area contributed by atoms with Crippen LogP contribution in [0.15, 0.2) is 42.5 Å². The number of carbonyl (C=O) groups is 1. The lowest BCUT2D eigenvalue weighted by Crippen LogP contribution is -2.16. The van der Waals surface area contributed by atoms with Crippen LogP contribution < -0.4 is 20.1 Å². The Balaban J connectivity index is 2.05. The van der Waals surface area contributed by atoms with Gasteiger partial charge in [0.25, 0.3) is 0 Å². The van der Waals surface area contributed by atoms with Crippen molar-refractivity contribution < 1.29 is 14.3 Å². The molecule has 0 saturated heterocycles. The number of carbonyl (C=O) groups excluding carboxylic acids is 1. The van der Waals surface area contributed by atoms with Gasteiger partial charge in [-0.2, -0.15) is 0 Å². The van der Waals surface area contributed by atoms with E-state index in [1.165, 1.54) is 0 Å². The highest BCUT2D eigenvalue weighted by atomic mass is 16.5. The average Bonchev–Trinajstić information content (AvgIpc) is 2.60. The van der Waals surface area contributed by atoms with Crippen LogP contribution in [0, 0.1) is 0 Å². The van der Waals surface area contributed by atoms with Crippen molar-refractivity contribution in [1.29, 1.82) is 0 Å². The molecule has 0 radical (unpaired) electrons. The Labute approximate surface area is 143 Å². The van der Waals surface area contributed by atoms with E-state index in [0.29, 0.717) is 11.5 Å². The summed E-state index contributed by atoms with van der Waals surface area (Å²) in [5.74, 6) is 1.28. The molecule has 5 heteroatoms. The summed E-state index contributed by atoms with van der Waals surface area (Å²) in [4.78, 5) is 12.4. The van der Waals surface area contributed by atoms with Crippen molar-refractivity contribution in [1.82, 2.24) is 5.32 Å². The van der Waals surface area contributed by atoms with Crippen molar-refractivity contribution in [2.24, 2.45) is 0 Å². The van der Waals surface area contributed by atoms with Gasteiger partial charge in [-0.05, 0) is 42.4 Å². The summed E-state index contributed by atoms with van der Waals surface area (Å²) in [6.07, 6.45) is 0.220. The number of anilines is 1. The summed E-state index contributed by atoms with van der Waals surface area (Å²) in [5.41, 5.74) is 2.71. The smallest absolute Gasteiger partial charge is 0.228 e. The maximum atomic E-state index is 12.4. The van der Waals surface area contributed by atoms with E-state index in [9.17, 15) is 4.79 Å². The van der Waals surface area contributed by atoms with Crippen molar-refractivity contribution in [2.75, 3.05) is 26.1 Å². The molecule has 0 unspecified atom stereocenters. The standard InChI is InChI=1S/C19H24N2O3/c1-4-20-13-14-6-5-7-16(10-14)21-19(22)12-15-11-17(23-2)8-9-18(15)24-3/h5-11,20H,4,12-13H2,1-3H3,(H,21,22). The van der Waals surface area contributed by atoms with Crippen LogP contribution in [0.25, 0.3) is 0 Å². The van der Waals surface area contributed by atoms with E-state index in [0.717, 1.165) is 29.9 Å². The summed E-state index contributed by atoms with van der Waals surface area (Å²) in [5, 5.41) is 6.20. The zero-order valence-electron chi connectivity index (χ0n) is 14.4. The summed E-state index contributed by atoms with van der Waals surface area (Å²) in [7, 11) is 3.19. The van der Waals surface area contributed by atoms with Gasteiger partial charge in [-0.3, -0.25) is 4.79 Å². The molecule has 0 atom stereocenters. The molecule has 0 aromatic heterocycles. The van der Waals surface area contributed by atoms with Crippen LogP contribution in [-0.2, 0) is 17.8 Å². The van der Waals surface area contributed by atoms with Crippen LogP contribution in [-0.4, -0.2) is 26.7 Å². The maximum absolute atomic E-state index is 12.4. The van der Waals surface area contributed by atoms with Gasteiger partial charge in [-0.25, -0.2) is 0 Å². The second-order valence-corrected chi connectivity index (χ2v) is 5.38. The molecule has 1 amide bonds. The zero-order valence-corrected chi connectivity index (χ0v) is 14.4. The van der Waals surface area contributed by atoms with E-state index in [2.05, 4.69) is 17.6 Å². The van der Waals surface area contributed by atoms with E-state index < -0.39 is 0 Å². The van der Waals surface area contributed by atoms with Crippen LogP contribution >= 0.6 is 0 Å². The lowest BCUT2D eigenvalue weighted by molar-refractivity contribution is -0.115.